The van der Waals surface area contributed by atoms with Crippen LogP contribution < -0.4 is 26.8 Å². The molecule has 6 aromatic rings. The number of allylic oxidation sites excluding steroid dienone is 2. The van der Waals surface area contributed by atoms with Crippen molar-refractivity contribution < 1.29 is 36.5 Å². The summed E-state index contributed by atoms with van der Waals surface area (Å²) in [6.45, 7) is 8.37. The number of aryl methyl sites for hydroxylation is 4. The second kappa shape index (κ2) is 17.3. The molecule has 0 aliphatic heterocycles. The summed E-state index contributed by atoms with van der Waals surface area (Å²) >= 11 is 0. The molecule has 4 heterocycles. The maximum absolute atomic E-state index is 13.7. The Hall–Kier alpha value is -6.87. The molecule has 0 bridgehead atoms. The molecule has 0 atom stereocenters. The zero-order chi connectivity index (χ0) is 42.6. The summed E-state index contributed by atoms with van der Waals surface area (Å²) in [5, 5.41) is 14.5. The smallest absolute Gasteiger partial charge is 0.276 e. The van der Waals surface area contributed by atoms with E-state index in [1.165, 1.54) is 12.1 Å². The Balaban J connectivity index is 1.37. The van der Waals surface area contributed by atoms with E-state index >= 15 is 0 Å². The molecule has 0 radical (unpaired) electrons. The molecule has 6 N–H and O–H groups in total. The lowest BCUT2D eigenvalue weighted by molar-refractivity contribution is 0.0992. The van der Waals surface area contributed by atoms with Crippen molar-refractivity contribution in [2.45, 2.75) is 60.3 Å². The number of aromatic nitrogens is 8. The van der Waals surface area contributed by atoms with Crippen LogP contribution in [0.15, 0.2) is 54.6 Å². The van der Waals surface area contributed by atoms with Crippen LogP contribution >= 0.6 is 0 Å². The van der Waals surface area contributed by atoms with E-state index in [1.807, 2.05) is 19.9 Å². The maximum Gasteiger partial charge on any atom is 0.276 e. The number of nitrogens with zero attached hydrogens (tertiary/aromatic N) is 8. The molecule has 59 heavy (non-hydrogen) atoms. The molecule has 20 nitrogen and oxygen atoms in total. The molecule has 0 saturated heterocycles. The van der Waals surface area contributed by atoms with Gasteiger partial charge in [0.2, 0.25) is 23.7 Å². The highest BCUT2D eigenvalue weighted by Gasteiger charge is 2.23. The lowest BCUT2D eigenvalue weighted by atomic mass is 10.1. The van der Waals surface area contributed by atoms with Crippen LogP contribution in [0, 0.1) is 13.8 Å². The summed E-state index contributed by atoms with van der Waals surface area (Å²) in [4.78, 5) is 60.9. The average Bonchev–Trinajstić information content (AvgIpc) is 3.94. The number of primary amides is 2. The van der Waals surface area contributed by atoms with E-state index in [0.29, 0.717) is 52.4 Å². The van der Waals surface area contributed by atoms with Gasteiger partial charge in [0.1, 0.15) is 22.7 Å². The maximum atomic E-state index is 13.7. The number of carbonyl (C=O) groups excluding carboxylic acids is 4. The molecular formula is C38H44N12O8S. The minimum Gasteiger partial charge on any atom is -0.491 e. The Morgan fingerprint density at radius 3 is 1.85 bits per heavy atom. The zero-order valence-corrected chi connectivity index (χ0v) is 33.9. The van der Waals surface area contributed by atoms with E-state index in [0.717, 1.165) is 6.26 Å². The summed E-state index contributed by atoms with van der Waals surface area (Å²) in [6, 6.07) is 11.1. The van der Waals surface area contributed by atoms with Crippen LogP contribution in [0.3, 0.4) is 0 Å². The lowest BCUT2D eigenvalue weighted by Crippen LogP contribution is -2.20. The van der Waals surface area contributed by atoms with Crippen molar-refractivity contribution in [3.05, 3.63) is 88.5 Å². The highest BCUT2D eigenvalue weighted by atomic mass is 32.2. The number of hydrogen-bond donors (Lipinski definition) is 4. The van der Waals surface area contributed by atoms with E-state index in [4.69, 9.17) is 20.4 Å². The van der Waals surface area contributed by atoms with Gasteiger partial charge in [-0.05, 0) is 70.2 Å². The number of rotatable bonds is 18. The fraction of sp³-hybridized carbons (Fsp3) is 0.316. The summed E-state index contributed by atoms with van der Waals surface area (Å²) in [5.74, 6) is -1.77. The van der Waals surface area contributed by atoms with E-state index < -0.39 is 33.7 Å². The van der Waals surface area contributed by atoms with Gasteiger partial charge in [-0.25, -0.2) is 9.97 Å². The van der Waals surface area contributed by atoms with Crippen LogP contribution in [0.2, 0.25) is 0 Å². The number of hydrogen-bond acceptors (Lipinski definition) is 12. The van der Waals surface area contributed by atoms with E-state index in [-0.39, 0.29) is 67.0 Å². The predicted molar refractivity (Wildman–Crippen MR) is 218 cm³/mol. The van der Waals surface area contributed by atoms with Gasteiger partial charge < -0.3 is 25.3 Å². The number of benzene rings is 2. The Morgan fingerprint density at radius 2 is 1.29 bits per heavy atom. The van der Waals surface area contributed by atoms with Gasteiger partial charge >= 0.3 is 0 Å². The molecule has 0 fully saturated rings. The molecule has 2 aromatic carbocycles. The third-order valence-corrected chi connectivity index (χ3v) is 9.62. The second-order valence-electron chi connectivity index (χ2n) is 13.4. The van der Waals surface area contributed by atoms with Crippen molar-refractivity contribution in [1.82, 2.24) is 38.7 Å². The van der Waals surface area contributed by atoms with Crippen molar-refractivity contribution in [2.24, 2.45) is 11.5 Å². The van der Waals surface area contributed by atoms with E-state index in [9.17, 15) is 27.6 Å². The molecule has 310 valence electrons. The molecule has 0 aliphatic carbocycles. The quantitative estimate of drug-likeness (QED) is 0.0553. The van der Waals surface area contributed by atoms with Gasteiger partial charge in [-0.2, -0.15) is 18.6 Å². The van der Waals surface area contributed by atoms with Gasteiger partial charge in [0.15, 0.2) is 0 Å². The van der Waals surface area contributed by atoms with Crippen molar-refractivity contribution in [1.29, 1.82) is 0 Å². The Bertz CT molecular complexity index is 2740. The number of nitrogens with one attached hydrogen (secondary N) is 2. The minimum absolute atomic E-state index is 0.00277. The van der Waals surface area contributed by atoms with Crippen molar-refractivity contribution in [2.75, 3.05) is 30.1 Å². The van der Waals surface area contributed by atoms with Crippen LogP contribution in [-0.4, -0.2) is 90.2 Å². The third kappa shape index (κ3) is 9.47. The first-order chi connectivity index (χ1) is 28.1. The number of ether oxygens (including phenoxy) is 1. The SMILES string of the molecule is CCn1nc(C)cc1C(=O)Nc1nc2cc(C(N)=O)ccc2n1C/C=C/Cn1c(NC(=O)c2cc(C)nn2CC)nc2cc(C(N)=O)cc(OCCCOS(C)(=O)=O)c21. The monoisotopic (exact) mass is 828 g/mol. The van der Waals surface area contributed by atoms with Crippen LogP contribution in [0.1, 0.15) is 73.3 Å². The van der Waals surface area contributed by atoms with Crippen molar-refractivity contribution in [3.63, 3.8) is 0 Å². The molecule has 4 aromatic heterocycles. The Morgan fingerprint density at radius 1 is 0.746 bits per heavy atom. The van der Waals surface area contributed by atoms with Gasteiger partial charge in [0.25, 0.3) is 21.9 Å². The standard InChI is InChI=1S/C38H44N12O8S/c1-6-49-29(17-22(3)45-49)35(53)43-37-41-26-19-24(33(39)51)11-12-28(26)47(37)13-8-9-14-48-32-27(42-38(48)44-36(54)30-18-23(4)46-50(30)7-2)20-25(34(40)52)21-31(32)57-15-10-16-58-59(5,55)56/h8-9,11-12,17-21H,6-7,10,13-16H2,1-5H3,(H2,39,51)(H2,40,52)(H,41,43,53)(H,42,44,54)/b9-8+. The lowest BCUT2D eigenvalue weighted by Gasteiger charge is -2.13. The van der Waals surface area contributed by atoms with Gasteiger partial charge in [0.05, 0.1) is 47.4 Å². The Labute approximate surface area is 338 Å². The van der Waals surface area contributed by atoms with Gasteiger partial charge in [-0.3, -0.25) is 43.4 Å². The molecule has 0 saturated carbocycles. The number of nitrogens with two attached hydrogens (primary N) is 2. The second-order valence-corrected chi connectivity index (χ2v) is 15.1. The van der Waals surface area contributed by atoms with Crippen molar-refractivity contribution in [3.8, 4) is 5.75 Å². The van der Waals surface area contributed by atoms with Crippen LogP contribution in [0.5, 0.6) is 5.75 Å². The number of imidazole rings is 2. The number of carbonyl (C=O) groups is 4. The first kappa shape index (κ1) is 41.8. The Kier molecular flexibility index (Phi) is 12.3. The highest BCUT2D eigenvalue weighted by Crippen LogP contribution is 2.32. The summed E-state index contributed by atoms with van der Waals surface area (Å²) < 4.78 is 40.4. The summed E-state index contributed by atoms with van der Waals surface area (Å²) in [5.41, 5.74) is 15.2. The van der Waals surface area contributed by atoms with Gasteiger partial charge in [0, 0.05) is 43.7 Å². The summed E-state index contributed by atoms with van der Waals surface area (Å²) in [7, 11) is -3.67. The topological polar surface area (TPSA) is 268 Å². The number of anilines is 2. The largest absolute Gasteiger partial charge is 0.491 e. The molecular weight excluding hydrogens is 785 g/mol. The van der Waals surface area contributed by atoms with Gasteiger partial charge in [-0.1, -0.05) is 12.2 Å². The minimum atomic E-state index is -3.67. The fourth-order valence-electron chi connectivity index (χ4n) is 6.40. The zero-order valence-electron chi connectivity index (χ0n) is 33.1. The van der Waals surface area contributed by atoms with Crippen molar-refractivity contribution >= 4 is 67.7 Å². The number of fused-ring (bicyclic) bond motifs is 2. The van der Waals surface area contributed by atoms with Crippen LogP contribution in [0.4, 0.5) is 11.9 Å². The normalized spacial score (nSPS) is 11.8. The predicted octanol–water partition coefficient (Wildman–Crippen LogP) is 3.14. The molecule has 0 spiro atoms. The molecule has 4 amide bonds. The molecule has 0 unspecified atom stereocenters. The average molecular weight is 829 g/mol. The van der Waals surface area contributed by atoms with E-state index in [1.54, 1.807) is 68.8 Å². The van der Waals surface area contributed by atoms with Crippen LogP contribution in [0.25, 0.3) is 22.1 Å². The molecule has 21 heteroatoms. The highest BCUT2D eigenvalue weighted by molar-refractivity contribution is 7.85. The molecule has 0 aliphatic rings. The molecule has 6 rings (SSSR count). The summed E-state index contributed by atoms with van der Waals surface area (Å²) in [6.07, 6.45) is 4.74. The third-order valence-electron chi connectivity index (χ3n) is 9.03. The number of amides is 4. The van der Waals surface area contributed by atoms with E-state index in [2.05, 4.69) is 30.8 Å². The fourth-order valence-corrected chi connectivity index (χ4v) is 6.82. The van der Waals surface area contributed by atoms with Gasteiger partial charge in [-0.15, -0.1) is 0 Å². The van der Waals surface area contributed by atoms with Crippen LogP contribution in [-0.2, 0) is 40.5 Å². The first-order valence-electron chi connectivity index (χ1n) is 18.5. The first-order valence-corrected chi connectivity index (χ1v) is 20.4.